The summed E-state index contributed by atoms with van der Waals surface area (Å²) < 4.78 is 6.99. The zero-order chi connectivity index (χ0) is 14.8. The van der Waals surface area contributed by atoms with E-state index in [0.717, 1.165) is 5.69 Å². The molecule has 0 fully saturated rings. The van der Waals surface area contributed by atoms with Crippen LogP contribution in [0.25, 0.3) is 5.69 Å². The Morgan fingerprint density at radius 2 is 1.86 bits per heavy atom. The molecule has 0 amide bonds. The lowest BCUT2D eigenvalue weighted by Crippen LogP contribution is -1.98. The third-order valence-electron chi connectivity index (χ3n) is 2.60. The molecule has 0 saturated heterocycles. The van der Waals surface area contributed by atoms with E-state index in [4.69, 9.17) is 33.7 Å². The van der Waals surface area contributed by atoms with E-state index in [9.17, 15) is 0 Å². The van der Waals surface area contributed by atoms with Crippen molar-refractivity contribution >= 4 is 29.0 Å². The van der Waals surface area contributed by atoms with E-state index in [-0.39, 0.29) is 27.8 Å². The van der Waals surface area contributed by atoms with Crippen LogP contribution in [-0.2, 0) is 0 Å². The Kier molecular flexibility index (Phi) is 3.64. The summed E-state index contributed by atoms with van der Waals surface area (Å²) in [7, 11) is 0. The summed E-state index contributed by atoms with van der Waals surface area (Å²) in [5, 5.41) is 4.67. The van der Waals surface area contributed by atoms with Gasteiger partial charge < -0.3 is 10.5 Å². The minimum absolute atomic E-state index is 0.101. The molecule has 0 radical (unpaired) electrons. The molecule has 0 saturated carbocycles. The van der Waals surface area contributed by atoms with Gasteiger partial charge in [-0.2, -0.15) is 9.97 Å². The van der Waals surface area contributed by atoms with Crippen molar-refractivity contribution in [3.05, 3.63) is 52.8 Å². The van der Waals surface area contributed by atoms with Crippen LogP contribution >= 0.6 is 23.2 Å². The van der Waals surface area contributed by atoms with Crippen molar-refractivity contribution in [2.24, 2.45) is 0 Å². The summed E-state index contributed by atoms with van der Waals surface area (Å²) in [5.41, 5.74) is 6.47. The zero-order valence-corrected chi connectivity index (χ0v) is 12.1. The second-order valence-corrected chi connectivity index (χ2v) is 4.87. The van der Waals surface area contributed by atoms with Crippen LogP contribution < -0.4 is 10.5 Å². The zero-order valence-electron chi connectivity index (χ0n) is 10.6. The molecule has 21 heavy (non-hydrogen) atoms. The number of aromatic nitrogens is 4. The minimum Gasteiger partial charge on any atom is -0.402 e. The highest BCUT2D eigenvalue weighted by molar-refractivity contribution is 6.36. The number of hydrogen-bond acceptors (Lipinski definition) is 5. The second kappa shape index (κ2) is 5.59. The molecule has 1 aromatic carbocycles. The van der Waals surface area contributed by atoms with Crippen molar-refractivity contribution in [2.75, 3.05) is 5.73 Å². The van der Waals surface area contributed by atoms with Crippen molar-refractivity contribution in [1.82, 2.24) is 19.7 Å². The Bertz CT molecular complexity index is 775. The average molecular weight is 322 g/mol. The number of pyridine rings is 1. The lowest BCUT2D eigenvalue weighted by molar-refractivity contribution is 0.426. The fraction of sp³-hybridized carbons (Fsp3) is 0. The Hall–Kier alpha value is -2.31. The van der Waals surface area contributed by atoms with Gasteiger partial charge in [-0.25, -0.2) is 4.68 Å². The maximum atomic E-state index is 5.99. The summed E-state index contributed by atoms with van der Waals surface area (Å²) in [6.07, 6.45) is 1.53. The predicted octanol–water partition coefficient (Wildman–Crippen LogP) is 3.34. The fourth-order valence-electron chi connectivity index (χ4n) is 1.62. The van der Waals surface area contributed by atoms with Crippen LogP contribution in [0.3, 0.4) is 0 Å². The van der Waals surface area contributed by atoms with Crippen molar-refractivity contribution < 1.29 is 4.74 Å². The third kappa shape index (κ3) is 2.91. The largest absolute Gasteiger partial charge is 0.402 e. The van der Waals surface area contributed by atoms with Crippen molar-refractivity contribution in [1.29, 1.82) is 0 Å². The van der Waals surface area contributed by atoms with E-state index >= 15 is 0 Å². The number of hydrogen-bond donors (Lipinski definition) is 1. The van der Waals surface area contributed by atoms with Crippen LogP contribution in [0.1, 0.15) is 0 Å². The molecular formula is C13H9Cl2N5O. The first kappa shape index (κ1) is 13.7. The molecule has 0 atom stereocenters. The maximum Gasteiger partial charge on any atom is 0.342 e. The van der Waals surface area contributed by atoms with Crippen molar-refractivity contribution in [3.8, 4) is 17.6 Å². The minimum atomic E-state index is 0.101. The van der Waals surface area contributed by atoms with Gasteiger partial charge in [0.25, 0.3) is 0 Å². The number of rotatable bonds is 3. The molecule has 2 heterocycles. The molecule has 0 aliphatic heterocycles. The van der Waals surface area contributed by atoms with Gasteiger partial charge in [-0.1, -0.05) is 41.4 Å². The van der Waals surface area contributed by atoms with E-state index in [2.05, 4.69) is 15.1 Å². The monoisotopic (exact) mass is 321 g/mol. The van der Waals surface area contributed by atoms with Gasteiger partial charge in [0.1, 0.15) is 17.2 Å². The van der Waals surface area contributed by atoms with E-state index in [1.54, 1.807) is 4.68 Å². The lowest BCUT2D eigenvalue weighted by atomic mass is 10.3. The van der Waals surface area contributed by atoms with Gasteiger partial charge in [0.05, 0.1) is 10.7 Å². The first-order valence-corrected chi connectivity index (χ1v) is 6.65. The lowest BCUT2D eigenvalue weighted by Gasteiger charge is -2.04. The quantitative estimate of drug-likeness (QED) is 0.800. The molecule has 3 rings (SSSR count). The molecule has 2 N–H and O–H groups in total. The normalized spacial score (nSPS) is 10.6. The average Bonchev–Trinajstić information content (AvgIpc) is 2.94. The maximum absolute atomic E-state index is 5.99. The van der Waals surface area contributed by atoms with Crippen LogP contribution in [0.4, 0.5) is 5.82 Å². The number of nitrogen functional groups attached to an aromatic ring is 1. The van der Waals surface area contributed by atoms with E-state index in [1.807, 2.05) is 30.3 Å². The molecular weight excluding hydrogens is 313 g/mol. The number of nitrogens with zero attached hydrogens (tertiary/aromatic N) is 4. The molecule has 0 aliphatic rings. The Balaban J connectivity index is 1.87. The molecule has 2 aromatic heterocycles. The summed E-state index contributed by atoms with van der Waals surface area (Å²) >= 11 is 11.8. The summed E-state index contributed by atoms with van der Waals surface area (Å²) in [5.74, 6) is 0.225. The van der Waals surface area contributed by atoms with Crippen LogP contribution in [0.5, 0.6) is 11.9 Å². The van der Waals surface area contributed by atoms with Crippen LogP contribution in [0.15, 0.2) is 42.7 Å². The van der Waals surface area contributed by atoms with Gasteiger partial charge >= 0.3 is 6.01 Å². The molecule has 0 spiro atoms. The highest BCUT2D eigenvalue weighted by atomic mass is 35.5. The highest BCUT2D eigenvalue weighted by Gasteiger charge is 2.12. The SMILES string of the molecule is Nc1nc(Oc2ncn(-c3ccccc3)n2)c(Cl)cc1Cl. The van der Waals surface area contributed by atoms with Crippen molar-refractivity contribution in [3.63, 3.8) is 0 Å². The molecule has 0 bridgehead atoms. The third-order valence-corrected chi connectivity index (χ3v) is 3.18. The molecule has 8 heteroatoms. The fourth-order valence-corrected chi connectivity index (χ4v) is 2.02. The number of anilines is 1. The number of nitrogens with two attached hydrogens (primary N) is 1. The van der Waals surface area contributed by atoms with Crippen LogP contribution in [-0.4, -0.2) is 19.7 Å². The Morgan fingerprint density at radius 3 is 2.62 bits per heavy atom. The van der Waals surface area contributed by atoms with Gasteiger partial charge in [-0.3, -0.25) is 0 Å². The number of benzene rings is 1. The summed E-state index contributed by atoms with van der Waals surface area (Å²) in [6.45, 7) is 0. The van der Waals surface area contributed by atoms with Crippen LogP contribution in [0.2, 0.25) is 10.0 Å². The predicted molar refractivity (Wildman–Crippen MR) is 80.1 cm³/mol. The molecule has 0 aliphatic carbocycles. The van der Waals surface area contributed by atoms with Gasteiger partial charge in [-0.15, -0.1) is 5.10 Å². The van der Waals surface area contributed by atoms with E-state index < -0.39 is 0 Å². The summed E-state index contributed by atoms with van der Waals surface area (Å²) in [6, 6.07) is 11.1. The van der Waals surface area contributed by atoms with Gasteiger partial charge in [0.15, 0.2) is 0 Å². The smallest absolute Gasteiger partial charge is 0.342 e. The van der Waals surface area contributed by atoms with Gasteiger partial charge in [-0.05, 0) is 18.2 Å². The summed E-state index contributed by atoms with van der Waals surface area (Å²) in [4.78, 5) is 7.99. The Morgan fingerprint density at radius 1 is 1.10 bits per heavy atom. The molecule has 3 aromatic rings. The molecule has 0 unspecified atom stereocenters. The van der Waals surface area contributed by atoms with Crippen LogP contribution in [0, 0.1) is 0 Å². The first-order chi connectivity index (χ1) is 10.1. The molecule has 6 nitrogen and oxygen atoms in total. The Labute approximate surface area is 130 Å². The molecule has 106 valence electrons. The van der Waals surface area contributed by atoms with Gasteiger partial charge in [0, 0.05) is 0 Å². The van der Waals surface area contributed by atoms with E-state index in [1.165, 1.54) is 12.4 Å². The second-order valence-electron chi connectivity index (χ2n) is 4.05. The first-order valence-electron chi connectivity index (χ1n) is 5.90. The van der Waals surface area contributed by atoms with Gasteiger partial charge in [0.2, 0.25) is 5.88 Å². The number of para-hydroxylation sites is 1. The topological polar surface area (TPSA) is 78.9 Å². The van der Waals surface area contributed by atoms with Crippen molar-refractivity contribution in [2.45, 2.75) is 0 Å². The number of halogens is 2. The van der Waals surface area contributed by atoms with E-state index in [0.29, 0.717) is 0 Å². The highest BCUT2D eigenvalue weighted by Crippen LogP contribution is 2.31. The standard InChI is InChI=1S/C13H9Cl2N5O/c14-9-6-10(15)12(18-11(9)16)21-13-17-7-20(19-13)8-4-2-1-3-5-8/h1-7H,(H2,16,18). The number of ether oxygens (including phenoxy) is 1.